The van der Waals surface area contributed by atoms with E-state index >= 15 is 0 Å². The Morgan fingerprint density at radius 2 is 2.10 bits per heavy atom. The Bertz CT molecular complexity index is 614. The first-order valence-electron chi connectivity index (χ1n) is 6.53. The zero-order valence-electron chi connectivity index (χ0n) is 11.6. The van der Waals surface area contributed by atoms with E-state index < -0.39 is 21.4 Å². The van der Waals surface area contributed by atoms with E-state index in [9.17, 15) is 13.2 Å². The van der Waals surface area contributed by atoms with Crippen molar-refractivity contribution in [1.82, 2.24) is 4.72 Å². The number of aryl methyl sites for hydroxylation is 2. The second-order valence-corrected chi connectivity index (χ2v) is 8.72. The van der Waals surface area contributed by atoms with Gasteiger partial charge in [-0.15, -0.1) is 11.3 Å². The van der Waals surface area contributed by atoms with Gasteiger partial charge in [-0.05, 0) is 38.2 Å². The molecule has 0 aliphatic heterocycles. The molecule has 0 aromatic carbocycles. The highest BCUT2D eigenvalue weighted by Gasteiger charge is 2.40. The van der Waals surface area contributed by atoms with Crippen LogP contribution >= 0.6 is 11.3 Å². The van der Waals surface area contributed by atoms with Gasteiger partial charge in [0.2, 0.25) is 10.0 Å². The van der Waals surface area contributed by atoms with E-state index in [2.05, 4.69) is 4.72 Å². The molecule has 20 heavy (non-hydrogen) atoms. The molecule has 2 N–H and O–H groups in total. The Morgan fingerprint density at radius 1 is 1.45 bits per heavy atom. The predicted octanol–water partition coefficient (Wildman–Crippen LogP) is 2.29. The number of sulfonamides is 1. The minimum atomic E-state index is -3.55. The summed E-state index contributed by atoms with van der Waals surface area (Å²) in [6.07, 6.45) is 2.52. The van der Waals surface area contributed by atoms with Gasteiger partial charge in [0.1, 0.15) is 0 Å². The summed E-state index contributed by atoms with van der Waals surface area (Å²) in [6, 6.07) is 1.66. The molecule has 1 aromatic rings. The fourth-order valence-electron chi connectivity index (χ4n) is 2.61. The van der Waals surface area contributed by atoms with Crippen LogP contribution in [0.1, 0.15) is 35.4 Å². The summed E-state index contributed by atoms with van der Waals surface area (Å²) >= 11 is 1.45. The van der Waals surface area contributed by atoms with Crippen molar-refractivity contribution in [3.8, 4) is 0 Å². The molecule has 2 rings (SSSR count). The second-order valence-electron chi connectivity index (χ2n) is 5.53. The molecule has 112 valence electrons. The number of nitrogens with one attached hydrogen (secondary N) is 1. The fourth-order valence-corrected chi connectivity index (χ4v) is 5.32. The van der Waals surface area contributed by atoms with Crippen LogP contribution in [0.5, 0.6) is 0 Å². The minimum absolute atomic E-state index is 0.0250. The van der Waals surface area contributed by atoms with Crippen LogP contribution in [0, 0.1) is 19.3 Å². The molecule has 0 bridgehead atoms. The van der Waals surface area contributed by atoms with Crippen LogP contribution in [0.2, 0.25) is 0 Å². The highest BCUT2D eigenvalue weighted by atomic mass is 32.2. The SMILES string of the molecule is Cc1cc(S(=O)(=O)NCC2(CC(=O)O)CCC2)c(C)s1. The third-order valence-corrected chi connectivity index (χ3v) is 6.49. The Hall–Kier alpha value is -0.920. The largest absolute Gasteiger partial charge is 0.481 e. The average molecular weight is 317 g/mol. The molecule has 0 radical (unpaired) electrons. The van der Waals surface area contributed by atoms with Crippen molar-refractivity contribution in [3.63, 3.8) is 0 Å². The molecular formula is C13H19NO4S2. The van der Waals surface area contributed by atoms with Gasteiger partial charge in [0.05, 0.1) is 11.3 Å². The highest BCUT2D eigenvalue weighted by Crippen LogP contribution is 2.43. The molecule has 0 saturated heterocycles. The second kappa shape index (κ2) is 5.46. The molecule has 1 heterocycles. The summed E-state index contributed by atoms with van der Waals surface area (Å²) in [7, 11) is -3.55. The molecule has 0 spiro atoms. The van der Waals surface area contributed by atoms with Gasteiger partial charge in [-0.3, -0.25) is 4.79 Å². The van der Waals surface area contributed by atoms with Gasteiger partial charge in [-0.25, -0.2) is 13.1 Å². The molecule has 1 aromatic heterocycles. The first-order valence-corrected chi connectivity index (χ1v) is 8.83. The van der Waals surface area contributed by atoms with Gasteiger partial charge in [0.15, 0.2) is 0 Å². The van der Waals surface area contributed by atoms with Crippen molar-refractivity contribution < 1.29 is 18.3 Å². The first kappa shape index (κ1) is 15.5. The third kappa shape index (κ3) is 3.21. The van der Waals surface area contributed by atoms with E-state index in [0.717, 1.165) is 29.0 Å². The van der Waals surface area contributed by atoms with Crippen molar-refractivity contribution in [2.24, 2.45) is 5.41 Å². The number of carboxylic acid groups (broad SMARTS) is 1. The lowest BCUT2D eigenvalue weighted by atomic mass is 9.67. The normalized spacial score (nSPS) is 17.7. The quantitative estimate of drug-likeness (QED) is 0.843. The van der Waals surface area contributed by atoms with Crippen molar-refractivity contribution in [2.75, 3.05) is 6.54 Å². The van der Waals surface area contributed by atoms with Crippen LogP contribution in [-0.2, 0) is 14.8 Å². The topological polar surface area (TPSA) is 83.5 Å². The molecule has 1 aliphatic rings. The van der Waals surface area contributed by atoms with Gasteiger partial charge in [-0.2, -0.15) is 0 Å². The molecule has 0 amide bonds. The lowest BCUT2D eigenvalue weighted by molar-refractivity contribution is -0.141. The summed E-state index contributed by atoms with van der Waals surface area (Å²) in [5.41, 5.74) is -0.405. The van der Waals surface area contributed by atoms with Crippen molar-refractivity contribution in [3.05, 3.63) is 15.8 Å². The maximum atomic E-state index is 12.3. The standard InChI is InChI=1S/C13H19NO4S2/c1-9-6-11(10(2)19-9)20(17,18)14-8-13(4-3-5-13)7-12(15)16/h6,14H,3-5,7-8H2,1-2H3,(H,15,16). The summed E-state index contributed by atoms with van der Waals surface area (Å²) in [4.78, 5) is 12.9. The Balaban J connectivity index is 2.09. The number of aliphatic carboxylic acids is 1. The Kier molecular flexibility index (Phi) is 4.22. The Morgan fingerprint density at radius 3 is 2.50 bits per heavy atom. The first-order chi connectivity index (χ1) is 9.24. The van der Waals surface area contributed by atoms with Gasteiger partial charge < -0.3 is 5.11 Å². The smallest absolute Gasteiger partial charge is 0.303 e. The number of carbonyl (C=O) groups is 1. The van der Waals surface area contributed by atoms with Gasteiger partial charge >= 0.3 is 5.97 Å². The summed E-state index contributed by atoms with van der Waals surface area (Å²) < 4.78 is 27.2. The van der Waals surface area contributed by atoms with Crippen LogP contribution in [0.4, 0.5) is 0 Å². The van der Waals surface area contributed by atoms with Crippen LogP contribution in [0.25, 0.3) is 0 Å². The van der Waals surface area contributed by atoms with Crippen molar-refractivity contribution in [2.45, 2.75) is 44.4 Å². The van der Waals surface area contributed by atoms with E-state index in [4.69, 9.17) is 5.11 Å². The van der Waals surface area contributed by atoms with Crippen LogP contribution in [-0.4, -0.2) is 26.0 Å². The zero-order valence-corrected chi connectivity index (χ0v) is 13.2. The number of carboxylic acids is 1. The van der Waals surface area contributed by atoms with E-state index in [1.807, 2.05) is 6.92 Å². The van der Waals surface area contributed by atoms with Gasteiger partial charge in [-0.1, -0.05) is 6.42 Å². The predicted molar refractivity (Wildman–Crippen MR) is 77.5 cm³/mol. The number of hydrogen-bond acceptors (Lipinski definition) is 4. The van der Waals surface area contributed by atoms with Crippen molar-refractivity contribution >= 4 is 27.3 Å². The summed E-state index contributed by atoms with van der Waals surface area (Å²) in [5.74, 6) is -0.869. The lowest BCUT2D eigenvalue weighted by Crippen LogP contribution is -2.43. The average Bonchev–Trinajstić information content (AvgIpc) is 2.62. The molecule has 0 unspecified atom stereocenters. The van der Waals surface area contributed by atoms with Crippen LogP contribution in [0.3, 0.4) is 0 Å². The van der Waals surface area contributed by atoms with Gasteiger partial charge in [0.25, 0.3) is 0 Å². The van der Waals surface area contributed by atoms with E-state index in [1.54, 1.807) is 13.0 Å². The molecule has 1 saturated carbocycles. The fraction of sp³-hybridized carbons (Fsp3) is 0.615. The Labute approximate surface area is 123 Å². The molecule has 0 atom stereocenters. The lowest BCUT2D eigenvalue weighted by Gasteiger charge is -2.40. The highest BCUT2D eigenvalue weighted by molar-refractivity contribution is 7.89. The van der Waals surface area contributed by atoms with Gasteiger partial charge in [0, 0.05) is 16.3 Å². The number of thiophene rings is 1. The molecule has 7 heteroatoms. The van der Waals surface area contributed by atoms with E-state index in [0.29, 0.717) is 4.90 Å². The molecule has 1 fully saturated rings. The van der Waals surface area contributed by atoms with Crippen molar-refractivity contribution in [1.29, 1.82) is 0 Å². The maximum absolute atomic E-state index is 12.3. The molecule has 1 aliphatic carbocycles. The molecule has 5 nitrogen and oxygen atoms in total. The molecular weight excluding hydrogens is 298 g/mol. The minimum Gasteiger partial charge on any atom is -0.481 e. The van der Waals surface area contributed by atoms with E-state index in [1.165, 1.54) is 11.3 Å². The summed E-state index contributed by atoms with van der Waals surface area (Å²) in [6.45, 7) is 3.85. The van der Waals surface area contributed by atoms with E-state index in [-0.39, 0.29) is 13.0 Å². The van der Waals surface area contributed by atoms with Crippen LogP contribution < -0.4 is 4.72 Å². The van der Waals surface area contributed by atoms with Crippen LogP contribution in [0.15, 0.2) is 11.0 Å². The number of hydrogen-bond donors (Lipinski definition) is 2. The summed E-state index contributed by atoms with van der Waals surface area (Å²) in [5, 5.41) is 8.93. The monoisotopic (exact) mass is 317 g/mol. The zero-order chi connectivity index (χ0) is 15.0. The third-order valence-electron chi connectivity index (χ3n) is 3.86. The number of rotatable bonds is 6. The maximum Gasteiger partial charge on any atom is 0.303 e.